The normalized spacial score (nSPS) is 11.2. The molecule has 0 fully saturated rings. The van der Waals surface area contributed by atoms with E-state index in [0.29, 0.717) is 5.69 Å². The second kappa shape index (κ2) is 9.52. The molecule has 0 atom stereocenters. The number of esters is 1. The Morgan fingerprint density at radius 2 is 1.81 bits per heavy atom. The third-order valence-electron chi connectivity index (χ3n) is 4.38. The summed E-state index contributed by atoms with van der Waals surface area (Å²) < 4.78 is 34.7. The minimum Gasteiger partial charge on any atom is -0.465 e. The fraction of sp³-hybridized carbons (Fsp3) is 0.238. The zero-order valence-corrected chi connectivity index (χ0v) is 17.8. The molecule has 0 unspecified atom stereocenters. The molecule has 1 heterocycles. The van der Waals surface area contributed by atoms with Crippen LogP contribution in [0.15, 0.2) is 57.9 Å². The topological polar surface area (TPSA) is 128 Å². The Bertz CT molecular complexity index is 1190. The summed E-state index contributed by atoms with van der Waals surface area (Å²) in [6, 6.07) is 13.0. The van der Waals surface area contributed by atoms with Crippen LogP contribution in [0.1, 0.15) is 34.1 Å². The van der Waals surface area contributed by atoms with Gasteiger partial charge in [0.1, 0.15) is 5.75 Å². The molecule has 0 bridgehead atoms. The van der Waals surface area contributed by atoms with Gasteiger partial charge in [-0.2, -0.15) is 4.98 Å². The van der Waals surface area contributed by atoms with Crippen LogP contribution in [0, 0.1) is 6.92 Å². The first-order chi connectivity index (χ1) is 14.8. The summed E-state index contributed by atoms with van der Waals surface area (Å²) in [5.74, 6) is -1.17. The lowest BCUT2D eigenvalue weighted by molar-refractivity contribution is -0.116. The Morgan fingerprint density at radius 3 is 2.52 bits per heavy atom. The van der Waals surface area contributed by atoms with E-state index in [4.69, 9.17) is 9.26 Å². The Kier molecular flexibility index (Phi) is 6.81. The minimum absolute atomic E-state index is 0.00184. The number of carbonyl (C=O) groups is 2. The third kappa shape index (κ3) is 5.76. The number of hydrogen-bond acceptors (Lipinski definition) is 8. The van der Waals surface area contributed by atoms with Crippen LogP contribution in [0.5, 0.6) is 0 Å². The number of ether oxygens (including phenoxy) is 1. The zero-order valence-electron chi connectivity index (χ0n) is 17.0. The molecule has 10 heteroatoms. The number of methoxy groups -OCH3 is 1. The quantitative estimate of drug-likeness (QED) is 0.526. The first-order valence-corrected chi connectivity index (χ1v) is 11.0. The molecule has 0 spiro atoms. The van der Waals surface area contributed by atoms with Crippen molar-refractivity contribution in [3.8, 4) is 0 Å². The molecule has 0 aliphatic heterocycles. The van der Waals surface area contributed by atoms with Crippen molar-refractivity contribution in [3.63, 3.8) is 0 Å². The number of aromatic nitrogens is 2. The van der Waals surface area contributed by atoms with Gasteiger partial charge in [-0.15, -0.1) is 0 Å². The molecule has 1 N–H and O–H groups in total. The number of para-hydroxylation sites is 1. The summed E-state index contributed by atoms with van der Waals surface area (Å²) in [5.41, 5.74) is 1.52. The van der Waals surface area contributed by atoms with Crippen molar-refractivity contribution in [2.24, 2.45) is 0 Å². The van der Waals surface area contributed by atoms with E-state index in [1.54, 1.807) is 36.4 Å². The number of sulfone groups is 1. The first kappa shape index (κ1) is 22.2. The van der Waals surface area contributed by atoms with Crippen LogP contribution in [0.3, 0.4) is 0 Å². The molecule has 0 aliphatic carbocycles. The molecule has 1 amide bonds. The fourth-order valence-corrected chi connectivity index (χ4v) is 3.94. The van der Waals surface area contributed by atoms with Gasteiger partial charge in [-0.1, -0.05) is 35.0 Å². The van der Waals surface area contributed by atoms with Gasteiger partial charge in [0, 0.05) is 12.8 Å². The summed E-state index contributed by atoms with van der Waals surface area (Å²) >= 11 is 0. The van der Waals surface area contributed by atoms with E-state index in [1.165, 1.54) is 19.2 Å². The highest BCUT2D eigenvalue weighted by atomic mass is 32.2. The summed E-state index contributed by atoms with van der Waals surface area (Å²) in [6.45, 7) is 1.87. The van der Waals surface area contributed by atoms with Crippen LogP contribution in [0.25, 0.3) is 0 Å². The largest absolute Gasteiger partial charge is 0.465 e. The second-order valence-corrected chi connectivity index (χ2v) is 8.75. The summed E-state index contributed by atoms with van der Waals surface area (Å²) in [6.07, 6.45) is 0.117. The smallest absolute Gasteiger partial charge is 0.339 e. The molecule has 3 aromatic rings. The van der Waals surface area contributed by atoms with E-state index in [2.05, 4.69) is 15.5 Å². The van der Waals surface area contributed by atoms with Gasteiger partial charge in [0.15, 0.2) is 15.7 Å². The Morgan fingerprint density at radius 1 is 1.10 bits per heavy atom. The Balaban J connectivity index is 1.59. The number of rotatable bonds is 8. The number of anilines is 1. The van der Waals surface area contributed by atoms with E-state index in [1.807, 2.05) is 6.92 Å². The lowest BCUT2D eigenvalue weighted by atomic mass is 10.1. The number of carbonyl (C=O) groups excluding carboxylic acids is 2. The van der Waals surface area contributed by atoms with E-state index < -0.39 is 21.6 Å². The molecular formula is C21H21N3O6S. The molecule has 2 aromatic carbocycles. The molecule has 0 saturated carbocycles. The predicted octanol–water partition coefficient (Wildman–Crippen LogP) is 2.71. The van der Waals surface area contributed by atoms with E-state index in [0.717, 1.165) is 5.56 Å². The second-order valence-electron chi connectivity index (χ2n) is 6.76. The van der Waals surface area contributed by atoms with Crippen LogP contribution in [0.2, 0.25) is 0 Å². The van der Waals surface area contributed by atoms with Crippen molar-refractivity contribution in [3.05, 3.63) is 71.4 Å². The highest BCUT2D eigenvalue weighted by Crippen LogP contribution is 2.18. The molecule has 3 rings (SSSR count). The fourth-order valence-electron chi connectivity index (χ4n) is 2.76. The van der Waals surface area contributed by atoms with Crippen LogP contribution >= 0.6 is 0 Å². The monoisotopic (exact) mass is 443 g/mol. The number of nitrogens with one attached hydrogen (secondary N) is 1. The van der Waals surface area contributed by atoms with Crippen molar-refractivity contribution >= 4 is 27.4 Å². The van der Waals surface area contributed by atoms with Gasteiger partial charge in [-0.25, -0.2) is 13.2 Å². The van der Waals surface area contributed by atoms with Crippen LogP contribution < -0.4 is 5.32 Å². The van der Waals surface area contributed by atoms with Crippen LogP contribution in [-0.4, -0.2) is 37.5 Å². The number of hydrogen-bond donors (Lipinski definition) is 1. The van der Waals surface area contributed by atoms with Gasteiger partial charge in [-0.3, -0.25) is 4.79 Å². The van der Waals surface area contributed by atoms with E-state index >= 15 is 0 Å². The van der Waals surface area contributed by atoms with Crippen molar-refractivity contribution in [1.29, 1.82) is 0 Å². The van der Waals surface area contributed by atoms with Gasteiger partial charge >= 0.3 is 5.97 Å². The Labute approximate surface area is 179 Å². The highest BCUT2D eigenvalue weighted by Gasteiger charge is 2.20. The molecule has 162 valence electrons. The van der Waals surface area contributed by atoms with Crippen molar-refractivity contribution in [2.45, 2.75) is 30.4 Å². The molecular weight excluding hydrogens is 422 g/mol. The summed E-state index contributed by atoms with van der Waals surface area (Å²) in [7, 11) is -2.36. The summed E-state index contributed by atoms with van der Waals surface area (Å²) in [4.78, 5) is 28.3. The van der Waals surface area contributed by atoms with Crippen molar-refractivity contribution < 1.29 is 27.3 Å². The first-order valence-electron chi connectivity index (χ1n) is 9.36. The van der Waals surface area contributed by atoms with E-state index in [9.17, 15) is 18.0 Å². The average molecular weight is 443 g/mol. The molecule has 0 radical (unpaired) electrons. The molecule has 9 nitrogen and oxygen atoms in total. The molecule has 0 aliphatic rings. The maximum absolute atomic E-state index is 12.5. The van der Waals surface area contributed by atoms with Gasteiger partial charge in [0.05, 0.1) is 23.3 Å². The van der Waals surface area contributed by atoms with Crippen molar-refractivity contribution in [1.82, 2.24) is 10.1 Å². The number of nitrogens with zero attached hydrogens (tertiary/aromatic N) is 2. The van der Waals surface area contributed by atoms with Crippen LogP contribution in [0.4, 0.5) is 5.69 Å². The lowest BCUT2D eigenvalue weighted by Gasteiger charge is -2.08. The number of aryl methyl sites for hydroxylation is 2. The number of benzene rings is 2. The average Bonchev–Trinajstić information content (AvgIpc) is 3.19. The molecule has 1 aromatic heterocycles. The molecule has 31 heavy (non-hydrogen) atoms. The number of amides is 1. The maximum atomic E-state index is 12.5. The van der Waals surface area contributed by atoms with Gasteiger partial charge < -0.3 is 14.6 Å². The summed E-state index contributed by atoms with van der Waals surface area (Å²) in [5, 5.41) is 6.34. The molecule has 0 saturated heterocycles. The van der Waals surface area contributed by atoms with Crippen LogP contribution in [-0.2, 0) is 31.5 Å². The minimum atomic E-state index is -3.61. The van der Waals surface area contributed by atoms with Gasteiger partial charge in [-0.05, 0) is 31.2 Å². The zero-order chi connectivity index (χ0) is 22.4. The standard InChI is InChI=1S/C21H21N3O6S/c1-14-7-9-15(10-8-14)31(27,28)13-18-23-20(30-24-18)12-11-19(25)22-17-6-4-3-5-16(17)21(26)29-2/h3-10H,11-13H2,1-2H3,(H,22,25). The predicted molar refractivity (Wildman–Crippen MR) is 111 cm³/mol. The SMILES string of the molecule is COC(=O)c1ccccc1NC(=O)CCc1nc(CS(=O)(=O)c2ccc(C)cc2)no1. The third-order valence-corrected chi connectivity index (χ3v) is 6.01. The highest BCUT2D eigenvalue weighted by molar-refractivity contribution is 7.90. The Hall–Kier alpha value is -3.53. The van der Waals surface area contributed by atoms with Gasteiger partial charge in [0.2, 0.25) is 11.8 Å². The maximum Gasteiger partial charge on any atom is 0.339 e. The van der Waals surface area contributed by atoms with Gasteiger partial charge in [0.25, 0.3) is 0 Å². The van der Waals surface area contributed by atoms with Crippen molar-refractivity contribution in [2.75, 3.05) is 12.4 Å². The lowest BCUT2D eigenvalue weighted by Crippen LogP contribution is -2.15. The van der Waals surface area contributed by atoms with E-state index in [-0.39, 0.29) is 40.9 Å².